The van der Waals surface area contributed by atoms with Gasteiger partial charge in [0.25, 0.3) is 4.90 Å². The molecule has 0 aliphatic carbocycles. The summed E-state index contributed by atoms with van der Waals surface area (Å²) in [5.74, 6) is 1.91. The molecule has 3 aliphatic heterocycles. The number of benzene rings is 1. The highest BCUT2D eigenvalue weighted by molar-refractivity contribution is 7.92. The number of rotatable bonds is 5. The molecular formula is C23H29N4O4S+. The Kier molecular flexibility index (Phi) is 5.96. The zero-order valence-electron chi connectivity index (χ0n) is 18.5. The number of hydrogen-bond donors (Lipinski definition) is 1. The molecule has 3 aliphatic rings. The molecular weight excluding hydrogens is 428 g/mol. The topological polar surface area (TPSA) is 88.0 Å². The van der Waals surface area contributed by atoms with Gasteiger partial charge in [0, 0.05) is 32.7 Å². The molecule has 0 spiro atoms. The van der Waals surface area contributed by atoms with E-state index in [2.05, 4.69) is 11.9 Å². The van der Waals surface area contributed by atoms with Crippen molar-refractivity contribution in [3.05, 3.63) is 41.1 Å². The van der Waals surface area contributed by atoms with E-state index in [0.29, 0.717) is 36.4 Å². The molecule has 2 fully saturated rings. The number of aryl methyl sites for hydroxylation is 2. The molecule has 1 aromatic carbocycles. The summed E-state index contributed by atoms with van der Waals surface area (Å²) >= 11 is -0.814. The molecule has 9 heteroatoms. The van der Waals surface area contributed by atoms with E-state index in [4.69, 9.17) is 19.4 Å². The van der Waals surface area contributed by atoms with Gasteiger partial charge in [-0.15, -0.1) is 0 Å². The van der Waals surface area contributed by atoms with Crippen LogP contribution in [0, 0.1) is 6.92 Å². The summed E-state index contributed by atoms with van der Waals surface area (Å²) in [7, 11) is 2.06. The summed E-state index contributed by atoms with van der Waals surface area (Å²) in [6, 6.07) is 7.80. The van der Waals surface area contributed by atoms with Crippen LogP contribution in [-0.2, 0) is 27.1 Å². The average Bonchev–Trinajstić information content (AvgIpc) is 3.16. The van der Waals surface area contributed by atoms with Crippen molar-refractivity contribution in [2.24, 2.45) is 0 Å². The third-order valence-electron chi connectivity index (χ3n) is 6.52. The number of esters is 1. The van der Waals surface area contributed by atoms with Crippen molar-refractivity contribution in [2.45, 2.75) is 43.2 Å². The Bertz CT molecular complexity index is 1010. The second-order valence-corrected chi connectivity index (χ2v) is 10.2. The van der Waals surface area contributed by atoms with E-state index in [1.807, 2.05) is 30.0 Å². The molecule has 1 atom stereocenters. The van der Waals surface area contributed by atoms with Crippen LogP contribution in [0.25, 0.3) is 0 Å². The second kappa shape index (κ2) is 8.88. The summed E-state index contributed by atoms with van der Waals surface area (Å²) in [6.45, 7) is 4.55. The zero-order chi connectivity index (χ0) is 22.2. The smallest absolute Gasteiger partial charge is 0.338 e. The Balaban J connectivity index is 1.31. The first-order valence-corrected chi connectivity index (χ1v) is 12.5. The summed E-state index contributed by atoms with van der Waals surface area (Å²) < 4.78 is 21.8. The van der Waals surface area contributed by atoms with Crippen molar-refractivity contribution in [3.8, 4) is 0 Å². The van der Waals surface area contributed by atoms with Crippen molar-refractivity contribution in [1.29, 1.82) is 0 Å². The van der Waals surface area contributed by atoms with Crippen molar-refractivity contribution in [1.82, 2.24) is 9.97 Å². The molecule has 0 bridgehead atoms. The molecule has 1 aromatic heterocycles. The lowest BCUT2D eigenvalue weighted by Gasteiger charge is -2.39. The lowest BCUT2D eigenvalue weighted by molar-refractivity contribution is 0.0230. The van der Waals surface area contributed by atoms with Gasteiger partial charge in [-0.25, -0.2) is 9.78 Å². The third-order valence-corrected chi connectivity index (χ3v) is 8.00. The van der Waals surface area contributed by atoms with Crippen LogP contribution < -0.4 is 9.80 Å². The molecule has 32 heavy (non-hydrogen) atoms. The Morgan fingerprint density at radius 1 is 1.25 bits per heavy atom. The highest BCUT2D eigenvalue weighted by Crippen LogP contribution is 2.36. The van der Waals surface area contributed by atoms with E-state index < -0.39 is 11.2 Å². The predicted molar refractivity (Wildman–Crippen MR) is 124 cm³/mol. The Morgan fingerprint density at radius 2 is 2.00 bits per heavy atom. The summed E-state index contributed by atoms with van der Waals surface area (Å²) in [5.41, 5.74) is 2.46. The molecule has 8 nitrogen and oxygen atoms in total. The third kappa shape index (κ3) is 4.04. The van der Waals surface area contributed by atoms with Gasteiger partial charge < -0.3 is 19.3 Å². The number of nitrogens with zero attached hydrogens (tertiary/aromatic N) is 4. The van der Waals surface area contributed by atoms with Crippen molar-refractivity contribution < 1.29 is 18.8 Å². The van der Waals surface area contributed by atoms with Gasteiger partial charge in [-0.3, -0.25) is 0 Å². The van der Waals surface area contributed by atoms with Gasteiger partial charge >= 0.3 is 5.97 Å². The number of carbonyl (C=O) groups excluding carboxylic acids is 1. The van der Waals surface area contributed by atoms with Crippen LogP contribution in [0.2, 0.25) is 0 Å². The molecule has 0 radical (unpaired) electrons. The molecule has 4 heterocycles. The molecule has 1 N–H and O–H groups in total. The van der Waals surface area contributed by atoms with Gasteiger partial charge in [0.2, 0.25) is 5.95 Å². The van der Waals surface area contributed by atoms with E-state index in [1.54, 1.807) is 6.07 Å². The van der Waals surface area contributed by atoms with E-state index in [9.17, 15) is 9.35 Å². The van der Waals surface area contributed by atoms with Crippen LogP contribution in [0.15, 0.2) is 29.2 Å². The van der Waals surface area contributed by atoms with Gasteiger partial charge in [-0.05, 0) is 31.4 Å². The van der Waals surface area contributed by atoms with Gasteiger partial charge in [-0.2, -0.15) is 9.54 Å². The van der Waals surface area contributed by atoms with Crippen LogP contribution in [-0.4, -0.2) is 71.7 Å². The van der Waals surface area contributed by atoms with Crippen molar-refractivity contribution >= 4 is 28.9 Å². The fraction of sp³-hybridized carbons (Fsp3) is 0.522. The van der Waals surface area contributed by atoms with Crippen LogP contribution in [0.3, 0.4) is 0 Å². The van der Waals surface area contributed by atoms with E-state index in [0.717, 1.165) is 54.4 Å². The van der Waals surface area contributed by atoms with Gasteiger partial charge in [-0.1, -0.05) is 18.2 Å². The number of anilines is 2. The SMILES string of the molecule is Cc1ccccc1C(=O)OC1CN(c2nc3c(c(N(C)C4CCOCC4)n2)[S+](O)CC3)C1. The monoisotopic (exact) mass is 457 g/mol. The van der Waals surface area contributed by atoms with Gasteiger partial charge in [0.05, 0.1) is 18.7 Å². The number of fused-ring (bicyclic) bond motifs is 1. The number of hydrogen-bond acceptors (Lipinski definition) is 8. The lowest BCUT2D eigenvalue weighted by atomic mass is 10.1. The maximum atomic E-state index is 12.5. The van der Waals surface area contributed by atoms with Crippen molar-refractivity contribution in [2.75, 3.05) is 48.9 Å². The van der Waals surface area contributed by atoms with Crippen LogP contribution in [0.1, 0.15) is 34.5 Å². The van der Waals surface area contributed by atoms with Crippen molar-refractivity contribution in [3.63, 3.8) is 0 Å². The largest absolute Gasteiger partial charge is 0.455 e. The minimum absolute atomic E-state index is 0.178. The fourth-order valence-corrected chi connectivity index (χ4v) is 5.91. The van der Waals surface area contributed by atoms with E-state index in [-0.39, 0.29) is 12.1 Å². The summed E-state index contributed by atoms with van der Waals surface area (Å²) in [4.78, 5) is 27.3. The van der Waals surface area contributed by atoms with E-state index >= 15 is 0 Å². The normalized spacial score (nSPS) is 21.2. The second-order valence-electron chi connectivity index (χ2n) is 8.64. The minimum Gasteiger partial charge on any atom is -0.455 e. The predicted octanol–water partition coefficient (Wildman–Crippen LogP) is 2.45. The van der Waals surface area contributed by atoms with Crippen LogP contribution >= 0.6 is 0 Å². The zero-order valence-corrected chi connectivity index (χ0v) is 19.3. The highest BCUT2D eigenvalue weighted by Gasteiger charge is 2.42. The first-order chi connectivity index (χ1) is 15.5. The van der Waals surface area contributed by atoms with Gasteiger partial charge in [0.1, 0.15) is 11.8 Å². The molecule has 0 amide bonds. The van der Waals surface area contributed by atoms with Gasteiger partial charge in [0.15, 0.2) is 22.7 Å². The molecule has 2 saturated heterocycles. The number of aromatic nitrogens is 2. The molecule has 5 rings (SSSR count). The maximum absolute atomic E-state index is 12.5. The first-order valence-electron chi connectivity index (χ1n) is 11.1. The quantitative estimate of drug-likeness (QED) is 0.541. The Labute approximate surface area is 191 Å². The molecule has 0 saturated carbocycles. The lowest BCUT2D eigenvalue weighted by Crippen LogP contribution is -2.54. The molecule has 2 aromatic rings. The summed E-state index contributed by atoms with van der Waals surface area (Å²) in [5, 5.41) is 0. The average molecular weight is 458 g/mol. The number of carbonyl (C=O) groups is 1. The summed E-state index contributed by atoms with van der Waals surface area (Å²) in [6.07, 6.45) is 2.48. The molecule has 170 valence electrons. The maximum Gasteiger partial charge on any atom is 0.338 e. The molecule has 1 unspecified atom stereocenters. The standard InChI is InChI=1S/C23H29N4O4S/c1-15-5-3-4-6-18(15)22(28)31-17-13-27(14-17)23-24-19-9-12-32(29)20(19)21(25-23)26(2)16-7-10-30-11-8-16/h3-6,16-17,29H,7-14H2,1-2H3/q+1. The van der Waals surface area contributed by atoms with Crippen LogP contribution in [0.5, 0.6) is 0 Å². The minimum atomic E-state index is -0.814. The Morgan fingerprint density at radius 3 is 2.75 bits per heavy atom. The fourth-order valence-electron chi connectivity index (χ4n) is 4.50. The number of ether oxygens (including phenoxy) is 2. The highest BCUT2D eigenvalue weighted by atomic mass is 32.2. The van der Waals surface area contributed by atoms with E-state index in [1.165, 1.54) is 0 Å². The Hall–Kier alpha value is -2.36. The van der Waals surface area contributed by atoms with Crippen LogP contribution in [0.4, 0.5) is 11.8 Å². The first kappa shape index (κ1) is 21.5.